The molecule has 0 unspecified atom stereocenters. The Hall–Kier alpha value is -3.36. The highest BCUT2D eigenvalue weighted by Gasteiger charge is 2.18. The number of halogens is 1. The summed E-state index contributed by atoms with van der Waals surface area (Å²) < 4.78 is 14.2. The lowest BCUT2D eigenvalue weighted by Gasteiger charge is -2.12. The number of rotatable bonds is 8. The predicted molar refractivity (Wildman–Crippen MR) is 149 cm³/mol. The van der Waals surface area contributed by atoms with Gasteiger partial charge in [-0.05, 0) is 67.1 Å². The number of ether oxygens (including phenoxy) is 2. The first kappa shape index (κ1) is 24.3. The van der Waals surface area contributed by atoms with E-state index in [1.54, 1.807) is 18.9 Å². The van der Waals surface area contributed by atoms with E-state index in [0.717, 1.165) is 60.4 Å². The van der Waals surface area contributed by atoms with Gasteiger partial charge in [0.1, 0.15) is 11.5 Å². The number of thioether (sulfide) groups is 1. The van der Waals surface area contributed by atoms with Crippen LogP contribution in [-0.2, 0) is 12.8 Å². The molecule has 0 aliphatic rings. The predicted octanol–water partition coefficient (Wildman–Crippen LogP) is 7.16. The second-order valence-electron chi connectivity index (χ2n) is 8.14. The topological polar surface area (TPSA) is 62.1 Å². The molecule has 36 heavy (non-hydrogen) atoms. The minimum absolute atomic E-state index is 0.595. The van der Waals surface area contributed by atoms with Crippen molar-refractivity contribution in [3.05, 3.63) is 82.8 Å². The van der Waals surface area contributed by atoms with Crippen LogP contribution in [0.5, 0.6) is 11.5 Å². The highest BCUT2D eigenvalue weighted by molar-refractivity contribution is 9.10. The molecular weight excluding hydrogens is 536 g/mol. The van der Waals surface area contributed by atoms with Gasteiger partial charge in [0, 0.05) is 33.8 Å². The first-order valence-electron chi connectivity index (χ1n) is 11.6. The normalized spacial score (nSPS) is 11.1. The molecule has 0 aliphatic heterocycles. The standard InChI is InChI=1S/C28H25BrN4O2S/c1-4-35-21-13-14-25-22(15-21)23(16-26(30-25)18-9-11-20(34-3)12-10-18)27-31-32-28(33(27)2)36-17-19-7-5-6-8-24(19)29/h5-16H,4,17H2,1-3H3. The van der Waals surface area contributed by atoms with E-state index in [1.807, 2.05) is 73.1 Å². The second kappa shape index (κ2) is 10.7. The zero-order valence-corrected chi connectivity index (χ0v) is 22.6. The molecule has 0 saturated carbocycles. The largest absolute Gasteiger partial charge is 0.497 e. The van der Waals surface area contributed by atoms with Crippen LogP contribution in [-0.4, -0.2) is 33.5 Å². The summed E-state index contributed by atoms with van der Waals surface area (Å²) in [6.07, 6.45) is 0. The van der Waals surface area contributed by atoms with Crippen LogP contribution in [0.4, 0.5) is 0 Å². The molecule has 0 bridgehead atoms. The van der Waals surface area contributed by atoms with Gasteiger partial charge in [-0.25, -0.2) is 4.98 Å². The molecule has 0 spiro atoms. The van der Waals surface area contributed by atoms with E-state index in [-0.39, 0.29) is 0 Å². The molecule has 0 radical (unpaired) electrons. The molecule has 0 atom stereocenters. The summed E-state index contributed by atoms with van der Waals surface area (Å²) in [6.45, 7) is 2.57. The van der Waals surface area contributed by atoms with Crippen molar-refractivity contribution in [1.29, 1.82) is 0 Å². The molecule has 5 rings (SSSR count). The number of fused-ring (bicyclic) bond motifs is 1. The number of benzene rings is 3. The fourth-order valence-corrected chi connectivity index (χ4v) is 5.51. The molecule has 0 aliphatic carbocycles. The molecule has 0 saturated heterocycles. The van der Waals surface area contributed by atoms with E-state index >= 15 is 0 Å². The lowest BCUT2D eigenvalue weighted by atomic mass is 10.0. The summed E-state index contributed by atoms with van der Waals surface area (Å²) in [7, 11) is 3.67. The van der Waals surface area contributed by atoms with Crippen molar-refractivity contribution in [3.63, 3.8) is 0 Å². The minimum Gasteiger partial charge on any atom is -0.497 e. The van der Waals surface area contributed by atoms with Crippen molar-refractivity contribution in [2.45, 2.75) is 17.8 Å². The van der Waals surface area contributed by atoms with Crippen LogP contribution in [0.15, 0.2) is 82.4 Å². The molecule has 5 aromatic rings. The van der Waals surface area contributed by atoms with Crippen LogP contribution in [0.2, 0.25) is 0 Å². The summed E-state index contributed by atoms with van der Waals surface area (Å²) in [5, 5.41) is 10.9. The highest BCUT2D eigenvalue weighted by atomic mass is 79.9. The fourth-order valence-electron chi connectivity index (χ4n) is 3.99. The third kappa shape index (κ3) is 4.96. The summed E-state index contributed by atoms with van der Waals surface area (Å²) in [4.78, 5) is 4.95. The van der Waals surface area contributed by atoms with Gasteiger partial charge in [-0.2, -0.15) is 0 Å². The third-order valence-electron chi connectivity index (χ3n) is 5.87. The van der Waals surface area contributed by atoms with Crippen LogP contribution in [0.25, 0.3) is 33.5 Å². The first-order chi connectivity index (χ1) is 17.6. The van der Waals surface area contributed by atoms with E-state index < -0.39 is 0 Å². The van der Waals surface area contributed by atoms with Crippen LogP contribution < -0.4 is 9.47 Å². The maximum atomic E-state index is 5.79. The van der Waals surface area contributed by atoms with E-state index in [2.05, 4.69) is 44.3 Å². The molecule has 8 heteroatoms. The van der Waals surface area contributed by atoms with Crippen molar-refractivity contribution in [2.75, 3.05) is 13.7 Å². The maximum absolute atomic E-state index is 5.79. The molecule has 6 nitrogen and oxygen atoms in total. The van der Waals surface area contributed by atoms with Gasteiger partial charge in [0.15, 0.2) is 11.0 Å². The summed E-state index contributed by atoms with van der Waals surface area (Å²) in [5.41, 5.74) is 4.89. The quantitative estimate of drug-likeness (QED) is 0.187. The van der Waals surface area contributed by atoms with E-state index in [9.17, 15) is 0 Å². The molecule has 0 fully saturated rings. The molecule has 0 amide bonds. The molecule has 2 heterocycles. The number of methoxy groups -OCH3 is 1. The smallest absolute Gasteiger partial charge is 0.191 e. The SMILES string of the molecule is CCOc1ccc2nc(-c3ccc(OC)cc3)cc(-c3nnc(SCc4ccccc4Br)n3C)c2c1. The number of pyridine rings is 1. The Morgan fingerprint density at radius 2 is 1.72 bits per heavy atom. The summed E-state index contributed by atoms with van der Waals surface area (Å²) in [5.74, 6) is 3.17. The Labute approximate surface area is 222 Å². The first-order valence-corrected chi connectivity index (χ1v) is 13.3. The second-order valence-corrected chi connectivity index (χ2v) is 9.94. The van der Waals surface area contributed by atoms with Gasteiger partial charge in [-0.1, -0.05) is 45.9 Å². The Bertz CT molecular complexity index is 1520. The van der Waals surface area contributed by atoms with E-state index in [1.165, 1.54) is 5.56 Å². The summed E-state index contributed by atoms with van der Waals surface area (Å²) >= 11 is 5.29. The van der Waals surface area contributed by atoms with Gasteiger partial charge in [-0.15, -0.1) is 10.2 Å². The van der Waals surface area contributed by atoms with Gasteiger partial charge < -0.3 is 14.0 Å². The average molecular weight is 562 g/mol. The number of hydrogen-bond acceptors (Lipinski definition) is 6. The van der Waals surface area contributed by atoms with E-state index in [0.29, 0.717) is 6.61 Å². The van der Waals surface area contributed by atoms with Crippen molar-refractivity contribution >= 4 is 38.6 Å². The molecular formula is C28H25BrN4O2S. The van der Waals surface area contributed by atoms with Crippen molar-refractivity contribution < 1.29 is 9.47 Å². The maximum Gasteiger partial charge on any atom is 0.191 e. The lowest BCUT2D eigenvalue weighted by Crippen LogP contribution is -1.98. The Morgan fingerprint density at radius 1 is 0.944 bits per heavy atom. The van der Waals surface area contributed by atoms with Crippen LogP contribution in [0.3, 0.4) is 0 Å². The zero-order valence-electron chi connectivity index (χ0n) is 20.2. The number of aromatic nitrogens is 4. The fraction of sp³-hybridized carbons (Fsp3) is 0.179. The molecule has 182 valence electrons. The monoisotopic (exact) mass is 560 g/mol. The number of hydrogen-bond donors (Lipinski definition) is 0. The van der Waals surface area contributed by atoms with Gasteiger partial charge in [0.05, 0.1) is 24.9 Å². The van der Waals surface area contributed by atoms with Crippen molar-refractivity contribution in [3.8, 4) is 34.1 Å². The lowest BCUT2D eigenvalue weighted by molar-refractivity contribution is 0.340. The molecule has 0 N–H and O–H groups in total. The van der Waals surface area contributed by atoms with Crippen molar-refractivity contribution in [1.82, 2.24) is 19.7 Å². The van der Waals surface area contributed by atoms with Crippen LogP contribution in [0.1, 0.15) is 12.5 Å². The van der Waals surface area contributed by atoms with Gasteiger partial charge in [0.25, 0.3) is 0 Å². The highest BCUT2D eigenvalue weighted by Crippen LogP contribution is 2.35. The van der Waals surface area contributed by atoms with Gasteiger partial charge in [-0.3, -0.25) is 0 Å². The number of nitrogens with zero attached hydrogens (tertiary/aromatic N) is 4. The minimum atomic E-state index is 0.595. The average Bonchev–Trinajstić information content (AvgIpc) is 3.27. The van der Waals surface area contributed by atoms with Gasteiger partial charge >= 0.3 is 0 Å². The Kier molecular flexibility index (Phi) is 7.25. The van der Waals surface area contributed by atoms with Crippen LogP contribution >= 0.6 is 27.7 Å². The Balaban J connectivity index is 1.58. The van der Waals surface area contributed by atoms with Crippen molar-refractivity contribution in [2.24, 2.45) is 7.05 Å². The molecule has 3 aromatic carbocycles. The van der Waals surface area contributed by atoms with E-state index in [4.69, 9.17) is 14.5 Å². The zero-order chi connectivity index (χ0) is 25.1. The van der Waals surface area contributed by atoms with Crippen LogP contribution in [0, 0.1) is 0 Å². The third-order valence-corrected chi connectivity index (χ3v) is 7.71. The molecule has 2 aromatic heterocycles. The Morgan fingerprint density at radius 3 is 2.47 bits per heavy atom. The summed E-state index contributed by atoms with van der Waals surface area (Å²) in [6, 6.07) is 24.2. The van der Waals surface area contributed by atoms with Gasteiger partial charge in [0.2, 0.25) is 0 Å².